The molecule has 1 N–H and O–H groups in total. The second kappa shape index (κ2) is 7.45. The van der Waals surface area contributed by atoms with Crippen molar-refractivity contribution in [2.75, 3.05) is 11.5 Å². The number of hydrogen-bond donors (Lipinski definition) is 1. The molecule has 0 atom stereocenters. The van der Waals surface area contributed by atoms with Gasteiger partial charge in [-0.2, -0.15) is 0 Å². The fourth-order valence-electron chi connectivity index (χ4n) is 2.40. The molecular formula is C19H15NO5S. The Hall–Kier alpha value is -3.06. The molecule has 2 aromatic rings. The van der Waals surface area contributed by atoms with Crippen LogP contribution in [-0.2, 0) is 9.59 Å². The summed E-state index contributed by atoms with van der Waals surface area (Å²) in [4.78, 5) is 37.0. The number of amides is 2. The van der Waals surface area contributed by atoms with Gasteiger partial charge >= 0.3 is 5.97 Å². The van der Waals surface area contributed by atoms with Gasteiger partial charge in [0.25, 0.3) is 11.1 Å². The van der Waals surface area contributed by atoms with E-state index in [-0.39, 0.29) is 10.1 Å². The Morgan fingerprint density at radius 1 is 1.15 bits per heavy atom. The average molecular weight is 369 g/mol. The largest absolute Gasteiger partial charge is 0.481 e. The molecule has 6 nitrogen and oxygen atoms in total. The van der Waals surface area contributed by atoms with Gasteiger partial charge in [-0.25, -0.2) is 9.69 Å². The van der Waals surface area contributed by atoms with Gasteiger partial charge in [-0.05, 0) is 43.0 Å². The van der Waals surface area contributed by atoms with Crippen molar-refractivity contribution in [3.63, 3.8) is 0 Å². The van der Waals surface area contributed by atoms with Gasteiger partial charge in [0.05, 0.1) is 10.6 Å². The number of carbonyl (C=O) groups is 3. The summed E-state index contributed by atoms with van der Waals surface area (Å²) in [6.07, 6.45) is 1.54. The van der Waals surface area contributed by atoms with Crippen LogP contribution in [0.5, 0.6) is 5.75 Å². The Labute approximate surface area is 154 Å². The zero-order chi connectivity index (χ0) is 18.7. The molecule has 0 spiro atoms. The molecule has 1 aliphatic rings. The highest BCUT2D eigenvalue weighted by Gasteiger charge is 2.36. The smallest absolute Gasteiger partial charge is 0.341 e. The van der Waals surface area contributed by atoms with Crippen LogP contribution in [0, 0.1) is 6.92 Å². The number of aliphatic carboxylic acids is 1. The predicted octanol–water partition coefficient (Wildman–Crippen LogP) is 3.70. The lowest BCUT2D eigenvalue weighted by molar-refractivity contribution is -0.139. The number of para-hydroxylation sites is 1. The first-order valence-corrected chi connectivity index (χ1v) is 8.55. The summed E-state index contributed by atoms with van der Waals surface area (Å²) in [7, 11) is 0. The molecule has 0 aromatic heterocycles. The predicted molar refractivity (Wildman–Crippen MR) is 99.2 cm³/mol. The quantitative estimate of drug-likeness (QED) is 0.809. The van der Waals surface area contributed by atoms with Gasteiger partial charge in [-0.15, -0.1) is 0 Å². The number of hydrogen-bond acceptors (Lipinski definition) is 5. The molecule has 2 amide bonds. The van der Waals surface area contributed by atoms with E-state index in [4.69, 9.17) is 9.84 Å². The van der Waals surface area contributed by atoms with Crippen LogP contribution in [0.3, 0.4) is 0 Å². The number of anilines is 1. The number of ether oxygens (including phenoxy) is 1. The lowest BCUT2D eigenvalue weighted by Gasteiger charge is -2.12. The van der Waals surface area contributed by atoms with Crippen LogP contribution < -0.4 is 9.64 Å². The van der Waals surface area contributed by atoms with E-state index in [2.05, 4.69) is 0 Å². The van der Waals surface area contributed by atoms with Crippen LogP contribution in [0.2, 0.25) is 0 Å². The molecule has 132 valence electrons. The lowest BCUT2D eigenvalue weighted by atomic mass is 10.1. The monoisotopic (exact) mass is 369 g/mol. The van der Waals surface area contributed by atoms with Crippen LogP contribution in [0.4, 0.5) is 10.5 Å². The van der Waals surface area contributed by atoms with E-state index in [0.29, 0.717) is 17.0 Å². The third-order valence-electron chi connectivity index (χ3n) is 3.64. The molecule has 0 aliphatic carbocycles. The molecule has 1 heterocycles. The number of rotatable bonds is 5. The normalized spacial score (nSPS) is 15.6. The molecular weight excluding hydrogens is 354 g/mol. The Morgan fingerprint density at radius 2 is 1.85 bits per heavy atom. The summed E-state index contributed by atoms with van der Waals surface area (Å²) in [6.45, 7) is 1.43. The number of carboxylic acid groups (broad SMARTS) is 1. The van der Waals surface area contributed by atoms with Crippen LogP contribution in [-0.4, -0.2) is 28.8 Å². The van der Waals surface area contributed by atoms with Gasteiger partial charge in [-0.3, -0.25) is 9.59 Å². The molecule has 0 radical (unpaired) electrons. The number of carbonyl (C=O) groups excluding carboxylic acids is 2. The molecule has 1 fully saturated rings. The third-order valence-corrected chi connectivity index (χ3v) is 4.51. The minimum Gasteiger partial charge on any atom is -0.481 e. The maximum absolute atomic E-state index is 12.7. The Morgan fingerprint density at radius 3 is 2.54 bits per heavy atom. The second-order valence-electron chi connectivity index (χ2n) is 5.57. The SMILES string of the molecule is Cc1ccc(N2C(=O)SC(=Cc3ccccc3OCC(=O)O)C2=O)cc1. The van der Waals surface area contributed by atoms with Crippen LogP contribution in [0.15, 0.2) is 53.4 Å². The maximum Gasteiger partial charge on any atom is 0.341 e. The minimum atomic E-state index is -1.10. The number of carboxylic acids is 1. The number of imide groups is 1. The molecule has 7 heteroatoms. The summed E-state index contributed by atoms with van der Waals surface area (Å²) in [5, 5.41) is 8.38. The average Bonchev–Trinajstić information content (AvgIpc) is 2.89. The van der Waals surface area contributed by atoms with Gasteiger partial charge in [0.1, 0.15) is 5.75 Å². The fourth-order valence-corrected chi connectivity index (χ4v) is 3.23. The fraction of sp³-hybridized carbons (Fsp3) is 0.105. The molecule has 0 saturated carbocycles. The standard InChI is InChI=1S/C19H15NO5S/c1-12-6-8-14(9-7-12)20-18(23)16(26-19(20)24)10-13-4-2-3-5-15(13)25-11-17(21)22/h2-10H,11H2,1H3,(H,21,22). The van der Waals surface area contributed by atoms with E-state index < -0.39 is 18.5 Å². The first-order chi connectivity index (χ1) is 12.5. The molecule has 0 bridgehead atoms. The Balaban J connectivity index is 1.89. The van der Waals surface area contributed by atoms with Gasteiger partial charge in [0, 0.05) is 5.56 Å². The van der Waals surface area contributed by atoms with Crippen molar-refractivity contribution in [2.45, 2.75) is 6.92 Å². The first kappa shape index (κ1) is 17.8. The van der Waals surface area contributed by atoms with E-state index in [1.165, 1.54) is 6.08 Å². The summed E-state index contributed by atoms with van der Waals surface area (Å²) in [5.41, 5.74) is 2.07. The molecule has 1 aliphatic heterocycles. The van der Waals surface area contributed by atoms with Crippen molar-refractivity contribution in [3.8, 4) is 5.75 Å². The number of thioether (sulfide) groups is 1. The summed E-state index contributed by atoms with van der Waals surface area (Å²) in [6, 6.07) is 13.8. The lowest BCUT2D eigenvalue weighted by Crippen LogP contribution is -2.27. The molecule has 26 heavy (non-hydrogen) atoms. The molecule has 1 saturated heterocycles. The second-order valence-corrected chi connectivity index (χ2v) is 6.57. The van der Waals surface area contributed by atoms with Gasteiger partial charge in [0.15, 0.2) is 6.61 Å². The number of aryl methyl sites for hydroxylation is 1. The van der Waals surface area contributed by atoms with Crippen LogP contribution in [0.25, 0.3) is 6.08 Å². The Bertz CT molecular complexity index is 904. The van der Waals surface area contributed by atoms with Crippen molar-refractivity contribution >= 4 is 40.6 Å². The number of nitrogens with zero attached hydrogens (tertiary/aromatic N) is 1. The van der Waals surface area contributed by atoms with Crippen molar-refractivity contribution in [1.82, 2.24) is 0 Å². The van der Waals surface area contributed by atoms with Crippen LogP contribution in [0.1, 0.15) is 11.1 Å². The third kappa shape index (κ3) is 3.78. The summed E-state index contributed by atoms with van der Waals surface area (Å²) >= 11 is 0.835. The zero-order valence-electron chi connectivity index (χ0n) is 13.8. The number of benzene rings is 2. The highest BCUT2D eigenvalue weighted by molar-refractivity contribution is 8.19. The van der Waals surface area contributed by atoms with E-state index in [1.54, 1.807) is 36.4 Å². The van der Waals surface area contributed by atoms with E-state index in [1.807, 2.05) is 19.1 Å². The highest BCUT2D eigenvalue weighted by Crippen LogP contribution is 2.36. The van der Waals surface area contributed by atoms with E-state index in [0.717, 1.165) is 22.2 Å². The maximum atomic E-state index is 12.7. The highest BCUT2D eigenvalue weighted by atomic mass is 32.2. The minimum absolute atomic E-state index is 0.252. The van der Waals surface area contributed by atoms with Gasteiger partial charge < -0.3 is 9.84 Å². The van der Waals surface area contributed by atoms with E-state index >= 15 is 0 Å². The topological polar surface area (TPSA) is 83.9 Å². The van der Waals surface area contributed by atoms with Crippen molar-refractivity contribution in [1.29, 1.82) is 0 Å². The zero-order valence-corrected chi connectivity index (χ0v) is 14.7. The summed E-state index contributed by atoms with van der Waals surface area (Å²) < 4.78 is 5.23. The Kier molecular flexibility index (Phi) is 5.09. The summed E-state index contributed by atoms with van der Waals surface area (Å²) in [5.74, 6) is -1.19. The van der Waals surface area contributed by atoms with Crippen LogP contribution >= 0.6 is 11.8 Å². The molecule has 0 unspecified atom stereocenters. The van der Waals surface area contributed by atoms with Gasteiger partial charge in [-0.1, -0.05) is 35.9 Å². The first-order valence-electron chi connectivity index (χ1n) is 7.74. The van der Waals surface area contributed by atoms with Gasteiger partial charge in [0.2, 0.25) is 0 Å². The van der Waals surface area contributed by atoms with E-state index in [9.17, 15) is 14.4 Å². The molecule has 2 aromatic carbocycles. The van der Waals surface area contributed by atoms with Crippen molar-refractivity contribution in [3.05, 3.63) is 64.6 Å². The van der Waals surface area contributed by atoms with Crippen molar-refractivity contribution in [2.24, 2.45) is 0 Å². The molecule has 3 rings (SSSR count). The van der Waals surface area contributed by atoms with Crippen molar-refractivity contribution < 1.29 is 24.2 Å².